The number of fused-ring (bicyclic) bond motifs is 1. The van der Waals surface area contributed by atoms with Crippen molar-refractivity contribution in [3.8, 4) is 0 Å². The maximum absolute atomic E-state index is 12.1. The fraction of sp³-hybridized carbons (Fsp3) is 0.550. The zero-order valence-electron chi connectivity index (χ0n) is 13.3. The van der Waals surface area contributed by atoms with Crippen LogP contribution in [0.3, 0.4) is 0 Å². The number of benzene rings is 1. The molecule has 4 rings (SSSR count). The minimum atomic E-state index is -0.741. The standard InChI is InChI=1S/C20H24O2/c1-13-10-16-11-19(9-8-17(21)14(2)18(13)19)12-20(16,22)15-6-4-3-5-7-15/h3-9,13-14,16,18,22H,10-12H2,1-2H3/t13?,14-,16?,18?,19?,20?/m1/s1. The van der Waals surface area contributed by atoms with Gasteiger partial charge in [0.1, 0.15) is 0 Å². The predicted octanol–water partition coefficient (Wildman–Crippen LogP) is 3.70. The van der Waals surface area contributed by atoms with Gasteiger partial charge in [0, 0.05) is 5.92 Å². The van der Waals surface area contributed by atoms with Crippen LogP contribution >= 0.6 is 0 Å². The lowest BCUT2D eigenvalue weighted by Gasteiger charge is -2.47. The van der Waals surface area contributed by atoms with Crippen LogP contribution in [-0.2, 0) is 10.4 Å². The monoisotopic (exact) mass is 296 g/mol. The van der Waals surface area contributed by atoms with E-state index in [9.17, 15) is 9.90 Å². The number of ketones is 1. The Morgan fingerprint density at radius 2 is 1.91 bits per heavy atom. The molecule has 0 aromatic heterocycles. The summed E-state index contributed by atoms with van der Waals surface area (Å²) in [6.07, 6.45) is 6.72. The molecule has 2 bridgehead atoms. The minimum Gasteiger partial charge on any atom is -0.385 e. The summed E-state index contributed by atoms with van der Waals surface area (Å²) in [5.74, 6) is 1.50. The van der Waals surface area contributed by atoms with Crippen LogP contribution < -0.4 is 0 Å². The average molecular weight is 296 g/mol. The van der Waals surface area contributed by atoms with Crippen molar-refractivity contribution < 1.29 is 9.90 Å². The number of carbonyl (C=O) groups excluding carboxylic acids is 1. The molecule has 1 spiro atoms. The largest absolute Gasteiger partial charge is 0.385 e. The highest BCUT2D eigenvalue weighted by Gasteiger charge is 2.62. The van der Waals surface area contributed by atoms with Gasteiger partial charge in [0.2, 0.25) is 0 Å². The van der Waals surface area contributed by atoms with E-state index in [1.807, 2.05) is 18.2 Å². The van der Waals surface area contributed by atoms with Gasteiger partial charge in [-0.05, 0) is 54.1 Å². The van der Waals surface area contributed by atoms with Crippen molar-refractivity contribution >= 4 is 5.78 Å². The fourth-order valence-corrected chi connectivity index (χ4v) is 5.91. The summed E-state index contributed by atoms with van der Waals surface area (Å²) in [5.41, 5.74) is 0.303. The first-order chi connectivity index (χ1) is 10.5. The number of carbonyl (C=O) groups is 1. The van der Waals surface area contributed by atoms with Crippen molar-refractivity contribution in [2.24, 2.45) is 29.1 Å². The Bertz CT molecular complexity index is 634. The van der Waals surface area contributed by atoms with E-state index in [2.05, 4.69) is 32.1 Å². The molecule has 1 aromatic rings. The summed E-state index contributed by atoms with van der Waals surface area (Å²) in [5, 5.41) is 11.5. The molecule has 2 heteroatoms. The van der Waals surface area contributed by atoms with Gasteiger partial charge < -0.3 is 5.11 Å². The third kappa shape index (κ3) is 1.73. The number of aliphatic hydroxyl groups is 1. The molecule has 0 saturated heterocycles. The molecule has 3 aliphatic carbocycles. The van der Waals surface area contributed by atoms with Crippen LogP contribution in [0.25, 0.3) is 0 Å². The van der Waals surface area contributed by atoms with Crippen LogP contribution in [0.2, 0.25) is 0 Å². The Morgan fingerprint density at radius 1 is 1.18 bits per heavy atom. The van der Waals surface area contributed by atoms with Gasteiger partial charge in [-0.3, -0.25) is 4.79 Å². The summed E-state index contributed by atoms with van der Waals surface area (Å²) in [6.45, 7) is 4.35. The molecule has 22 heavy (non-hydrogen) atoms. The molecule has 0 heterocycles. The molecule has 2 nitrogen and oxygen atoms in total. The first-order valence-corrected chi connectivity index (χ1v) is 8.47. The van der Waals surface area contributed by atoms with Gasteiger partial charge in [0.05, 0.1) is 5.60 Å². The van der Waals surface area contributed by atoms with E-state index in [1.165, 1.54) is 0 Å². The summed E-state index contributed by atoms with van der Waals surface area (Å²) < 4.78 is 0. The van der Waals surface area contributed by atoms with Gasteiger partial charge in [0.25, 0.3) is 0 Å². The van der Waals surface area contributed by atoms with E-state index < -0.39 is 5.60 Å². The molecule has 0 aliphatic heterocycles. The highest BCUT2D eigenvalue weighted by Crippen LogP contribution is 2.66. The number of hydrogen-bond acceptors (Lipinski definition) is 2. The van der Waals surface area contributed by atoms with Gasteiger partial charge >= 0.3 is 0 Å². The zero-order valence-corrected chi connectivity index (χ0v) is 13.3. The van der Waals surface area contributed by atoms with Crippen LogP contribution in [0, 0.1) is 29.1 Å². The lowest BCUT2D eigenvalue weighted by atomic mass is 9.56. The first kappa shape index (κ1) is 14.2. The predicted molar refractivity (Wildman–Crippen MR) is 86.1 cm³/mol. The summed E-state index contributed by atoms with van der Waals surface area (Å²) >= 11 is 0. The van der Waals surface area contributed by atoms with Crippen LogP contribution in [0.1, 0.15) is 38.7 Å². The van der Waals surface area contributed by atoms with Crippen molar-refractivity contribution in [3.05, 3.63) is 48.0 Å². The Balaban J connectivity index is 1.81. The second-order valence-electron chi connectivity index (χ2n) is 7.86. The molecule has 6 atom stereocenters. The summed E-state index contributed by atoms with van der Waals surface area (Å²) in [6, 6.07) is 10.1. The van der Waals surface area contributed by atoms with Crippen molar-refractivity contribution in [2.45, 2.75) is 38.7 Å². The molecule has 2 saturated carbocycles. The molecule has 1 aromatic carbocycles. The number of hydrogen-bond donors (Lipinski definition) is 1. The van der Waals surface area contributed by atoms with Gasteiger partial charge in [-0.1, -0.05) is 50.3 Å². The van der Waals surface area contributed by atoms with Crippen molar-refractivity contribution in [1.29, 1.82) is 0 Å². The van der Waals surface area contributed by atoms with Crippen molar-refractivity contribution in [2.75, 3.05) is 0 Å². The molecule has 116 valence electrons. The van der Waals surface area contributed by atoms with E-state index >= 15 is 0 Å². The average Bonchev–Trinajstić information content (AvgIpc) is 2.74. The molecule has 1 N–H and O–H groups in total. The molecule has 0 radical (unpaired) electrons. The van der Waals surface area contributed by atoms with E-state index in [4.69, 9.17) is 0 Å². The first-order valence-electron chi connectivity index (χ1n) is 8.47. The van der Waals surface area contributed by atoms with Crippen molar-refractivity contribution in [3.63, 3.8) is 0 Å². The van der Waals surface area contributed by atoms with Crippen LogP contribution in [0.5, 0.6) is 0 Å². The molecule has 0 amide bonds. The third-order valence-electron chi connectivity index (χ3n) is 6.67. The maximum atomic E-state index is 12.1. The van der Waals surface area contributed by atoms with Crippen LogP contribution in [0.4, 0.5) is 0 Å². The number of rotatable bonds is 1. The van der Waals surface area contributed by atoms with E-state index in [0.717, 1.165) is 24.8 Å². The minimum absolute atomic E-state index is 0.000249. The van der Waals surface area contributed by atoms with Gasteiger partial charge in [-0.15, -0.1) is 0 Å². The van der Waals surface area contributed by atoms with Crippen LogP contribution in [0.15, 0.2) is 42.5 Å². The van der Waals surface area contributed by atoms with Gasteiger partial charge in [0.15, 0.2) is 5.78 Å². The highest BCUT2D eigenvalue weighted by atomic mass is 16.3. The lowest BCUT2D eigenvalue weighted by molar-refractivity contribution is -0.123. The van der Waals surface area contributed by atoms with E-state index in [0.29, 0.717) is 17.8 Å². The summed E-state index contributed by atoms with van der Waals surface area (Å²) in [7, 11) is 0. The second-order valence-corrected chi connectivity index (χ2v) is 7.86. The molecule has 3 aliphatic rings. The fourth-order valence-electron chi connectivity index (χ4n) is 5.91. The van der Waals surface area contributed by atoms with Crippen molar-refractivity contribution in [1.82, 2.24) is 0 Å². The maximum Gasteiger partial charge on any atom is 0.158 e. The molecular weight excluding hydrogens is 272 g/mol. The Kier molecular flexibility index (Phi) is 2.93. The molecule has 5 unspecified atom stereocenters. The third-order valence-corrected chi connectivity index (χ3v) is 6.67. The molecule has 2 fully saturated rings. The Labute approximate surface area is 132 Å². The van der Waals surface area contributed by atoms with E-state index in [1.54, 1.807) is 6.08 Å². The lowest BCUT2D eigenvalue weighted by Crippen LogP contribution is -2.44. The normalized spacial score (nSPS) is 46.6. The van der Waals surface area contributed by atoms with Crippen LogP contribution in [-0.4, -0.2) is 10.9 Å². The number of allylic oxidation sites excluding steroid dienone is 2. The smallest absolute Gasteiger partial charge is 0.158 e. The van der Waals surface area contributed by atoms with Gasteiger partial charge in [-0.2, -0.15) is 0 Å². The highest BCUT2D eigenvalue weighted by molar-refractivity contribution is 5.93. The van der Waals surface area contributed by atoms with Gasteiger partial charge in [-0.25, -0.2) is 0 Å². The zero-order chi connectivity index (χ0) is 15.5. The summed E-state index contributed by atoms with van der Waals surface area (Å²) in [4.78, 5) is 12.1. The Morgan fingerprint density at radius 3 is 2.64 bits per heavy atom. The second kappa shape index (κ2) is 4.55. The quantitative estimate of drug-likeness (QED) is 0.858. The SMILES string of the molecule is CC1CC2CC3(C=CC(=O)[C@@H](C)C13)CC2(O)c1ccccc1. The molecular formula is C20H24O2. The Hall–Kier alpha value is -1.41. The van der Waals surface area contributed by atoms with E-state index in [-0.39, 0.29) is 17.1 Å². The topological polar surface area (TPSA) is 37.3 Å².